The second-order valence-corrected chi connectivity index (χ2v) is 11.0. The van der Waals surface area contributed by atoms with E-state index < -0.39 is 0 Å². The van der Waals surface area contributed by atoms with Crippen molar-refractivity contribution in [3.05, 3.63) is 136 Å². The van der Waals surface area contributed by atoms with Gasteiger partial charge < -0.3 is 14.9 Å². The van der Waals surface area contributed by atoms with Gasteiger partial charge in [0.25, 0.3) is 0 Å². The van der Waals surface area contributed by atoms with Crippen molar-refractivity contribution in [3.63, 3.8) is 0 Å². The van der Waals surface area contributed by atoms with E-state index in [4.69, 9.17) is 39.9 Å². The lowest BCUT2D eigenvalue weighted by molar-refractivity contribution is -0.131. The highest BCUT2D eigenvalue weighted by atomic mass is 35.5. The smallest absolute Gasteiger partial charge is 0.227 e. The number of amides is 1. The summed E-state index contributed by atoms with van der Waals surface area (Å²) in [5, 5.41) is 10.7. The first-order valence-corrected chi connectivity index (χ1v) is 14.8. The highest BCUT2D eigenvalue weighted by molar-refractivity contribution is 6.36. The number of halogens is 3. The summed E-state index contributed by atoms with van der Waals surface area (Å²) in [6, 6.07) is 21.5. The summed E-state index contributed by atoms with van der Waals surface area (Å²) in [4.78, 5) is 17.6. The predicted molar refractivity (Wildman–Crippen MR) is 174 cm³/mol. The van der Waals surface area contributed by atoms with Gasteiger partial charge in [0.15, 0.2) is 0 Å². The summed E-state index contributed by atoms with van der Waals surface area (Å²) in [5.74, 6) is 0.373. The van der Waals surface area contributed by atoms with Crippen molar-refractivity contribution in [2.75, 3.05) is 31.1 Å². The van der Waals surface area contributed by atoms with E-state index in [1.54, 1.807) is 12.1 Å². The van der Waals surface area contributed by atoms with E-state index in [0.717, 1.165) is 23.2 Å². The second kappa shape index (κ2) is 16.4. The third-order valence-corrected chi connectivity index (χ3v) is 7.83. The molecule has 1 aliphatic heterocycles. The standard InChI is InChI=1S/C32H33Cl3N2O2.C2H4/c1-23(6-4-2-3-5-19-38)25-9-7-24(8-10-25)20-32(39)36-17-18-37(30-16-15-28(34)21-29(30)35)31(22-36)26-11-13-27(33)14-12-26;1-2/h3-16,21,23,31,38H,2,17-20,22H2,1H3;1-2H2/b5-3-,6-4-;. The third-order valence-electron chi connectivity index (χ3n) is 7.04. The molecule has 7 heteroatoms. The highest BCUT2D eigenvalue weighted by Gasteiger charge is 2.32. The number of piperazine rings is 1. The number of benzene rings is 3. The van der Waals surface area contributed by atoms with Crippen LogP contribution >= 0.6 is 34.8 Å². The lowest BCUT2D eigenvalue weighted by Crippen LogP contribution is -2.51. The van der Waals surface area contributed by atoms with Gasteiger partial charge in [-0.1, -0.05) is 102 Å². The molecule has 41 heavy (non-hydrogen) atoms. The zero-order chi connectivity index (χ0) is 29.8. The van der Waals surface area contributed by atoms with Crippen LogP contribution in [0.25, 0.3) is 0 Å². The van der Waals surface area contributed by atoms with Crippen LogP contribution in [0.5, 0.6) is 0 Å². The summed E-state index contributed by atoms with van der Waals surface area (Å²) in [5.41, 5.74) is 4.17. The van der Waals surface area contributed by atoms with Crippen molar-refractivity contribution >= 4 is 46.4 Å². The fraction of sp³-hybridized carbons (Fsp3) is 0.265. The summed E-state index contributed by atoms with van der Waals surface area (Å²) in [6.07, 6.45) is 9.09. The molecular weight excluding hydrogens is 575 g/mol. The molecule has 1 saturated heterocycles. The Morgan fingerprint density at radius 3 is 2.29 bits per heavy atom. The van der Waals surface area contributed by atoms with Crippen molar-refractivity contribution < 1.29 is 9.90 Å². The van der Waals surface area contributed by atoms with Crippen LogP contribution in [0, 0.1) is 0 Å². The number of carbonyl (C=O) groups excluding carboxylic acids is 1. The molecule has 4 rings (SSSR count). The van der Waals surface area contributed by atoms with Crippen molar-refractivity contribution in [2.24, 2.45) is 0 Å². The molecule has 0 aromatic heterocycles. The number of aliphatic hydroxyl groups is 1. The Labute approximate surface area is 259 Å². The largest absolute Gasteiger partial charge is 0.392 e. The number of hydrogen-bond acceptors (Lipinski definition) is 3. The van der Waals surface area contributed by atoms with Crippen LogP contribution in [0.3, 0.4) is 0 Å². The maximum Gasteiger partial charge on any atom is 0.227 e. The van der Waals surface area contributed by atoms with Crippen LogP contribution in [0.1, 0.15) is 42.0 Å². The molecule has 2 unspecified atom stereocenters. The molecule has 0 radical (unpaired) electrons. The molecule has 1 aliphatic rings. The number of anilines is 1. The number of hydrogen-bond donors (Lipinski definition) is 1. The molecule has 0 spiro atoms. The number of nitrogens with zero attached hydrogens (tertiary/aromatic N) is 2. The average molecular weight is 612 g/mol. The van der Waals surface area contributed by atoms with Crippen molar-refractivity contribution in [1.82, 2.24) is 4.90 Å². The molecule has 3 aromatic rings. The van der Waals surface area contributed by atoms with Crippen LogP contribution in [0.2, 0.25) is 15.1 Å². The fourth-order valence-electron chi connectivity index (χ4n) is 4.85. The predicted octanol–water partition coefficient (Wildman–Crippen LogP) is 8.68. The van der Waals surface area contributed by atoms with Gasteiger partial charge >= 0.3 is 0 Å². The topological polar surface area (TPSA) is 43.8 Å². The van der Waals surface area contributed by atoms with E-state index in [9.17, 15) is 4.79 Å². The van der Waals surface area contributed by atoms with Crippen LogP contribution in [-0.4, -0.2) is 42.2 Å². The third kappa shape index (κ3) is 9.24. The molecule has 1 amide bonds. The number of carbonyl (C=O) groups is 1. The molecular formula is C34H37Cl3N2O2. The molecule has 1 heterocycles. The molecule has 0 bridgehead atoms. The van der Waals surface area contributed by atoms with Crippen molar-refractivity contribution in [2.45, 2.75) is 31.7 Å². The molecule has 216 valence electrons. The minimum atomic E-state index is -0.0686. The Bertz CT molecular complexity index is 1320. The van der Waals surface area contributed by atoms with E-state index in [2.05, 4.69) is 49.3 Å². The minimum Gasteiger partial charge on any atom is -0.392 e. The summed E-state index contributed by atoms with van der Waals surface area (Å²) >= 11 is 18.9. The van der Waals surface area contributed by atoms with Gasteiger partial charge in [-0.3, -0.25) is 4.79 Å². The second-order valence-electron chi connectivity index (χ2n) is 9.72. The van der Waals surface area contributed by atoms with Crippen LogP contribution in [-0.2, 0) is 11.2 Å². The van der Waals surface area contributed by atoms with Gasteiger partial charge in [0.1, 0.15) is 0 Å². The van der Waals surface area contributed by atoms with Gasteiger partial charge in [-0.05, 0) is 59.4 Å². The minimum absolute atomic E-state index is 0.0672. The molecule has 0 aliphatic carbocycles. The van der Waals surface area contributed by atoms with Gasteiger partial charge in [0.05, 0.1) is 29.8 Å². The summed E-state index contributed by atoms with van der Waals surface area (Å²) in [7, 11) is 0. The van der Waals surface area contributed by atoms with E-state index in [1.165, 1.54) is 5.56 Å². The number of rotatable bonds is 9. The molecule has 1 fully saturated rings. The zero-order valence-electron chi connectivity index (χ0n) is 23.4. The highest BCUT2D eigenvalue weighted by Crippen LogP contribution is 2.37. The summed E-state index contributed by atoms with van der Waals surface area (Å²) in [6.45, 7) is 10.0. The van der Waals surface area contributed by atoms with E-state index in [1.807, 2.05) is 59.5 Å². The van der Waals surface area contributed by atoms with Crippen LogP contribution < -0.4 is 4.90 Å². The normalized spacial score (nSPS) is 16.1. The molecule has 3 aromatic carbocycles. The molecule has 0 saturated carbocycles. The Balaban J connectivity index is 0.00000226. The van der Waals surface area contributed by atoms with Gasteiger partial charge in [0, 0.05) is 29.7 Å². The Kier molecular flexibility index (Phi) is 13.0. The maximum atomic E-state index is 13.4. The quantitative estimate of drug-likeness (QED) is 0.246. The van der Waals surface area contributed by atoms with Crippen molar-refractivity contribution in [3.8, 4) is 0 Å². The Hall–Kier alpha value is -3.02. The van der Waals surface area contributed by atoms with Gasteiger partial charge in [-0.25, -0.2) is 0 Å². The first-order valence-electron chi connectivity index (χ1n) is 13.6. The maximum absolute atomic E-state index is 13.4. The number of aliphatic hydroxyl groups excluding tert-OH is 1. The van der Waals surface area contributed by atoms with E-state index in [-0.39, 0.29) is 24.5 Å². The van der Waals surface area contributed by atoms with E-state index >= 15 is 0 Å². The van der Waals surface area contributed by atoms with Crippen LogP contribution in [0.4, 0.5) is 5.69 Å². The van der Waals surface area contributed by atoms with Crippen LogP contribution in [0.15, 0.2) is 104 Å². The fourth-order valence-corrected chi connectivity index (χ4v) is 5.49. The Morgan fingerprint density at radius 2 is 1.63 bits per heavy atom. The van der Waals surface area contributed by atoms with Gasteiger partial charge in [0.2, 0.25) is 5.91 Å². The van der Waals surface area contributed by atoms with Gasteiger partial charge in [-0.2, -0.15) is 0 Å². The molecule has 1 N–H and O–H groups in total. The van der Waals surface area contributed by atoms with Gasteiger partial charge in [-0.15, -0.1) is 13.2 Å². The molecule has 2 atom stereocenters. The first kappa shape index (κ1) is 32.5. The lowest BCUT2D eigenvalue weighted by Gasteiger charge is -2.43. The molecule has 4 nitrogen and oxygen atoms in total. The SMILES string of the molecule is C=C.CC(/C=C\C/C=C\CO)c1ccc(CC(=O)N2CCN(c3ccc(Cl)cc3Cl)C(c3ccc(Cl)cc3)C2)cc1. The van der Waals surface area contributed by atoms with Crippen molar-refractivity contribution in [1.29, 1.82) is 0 Å². The van der Waals surface area contributed by atoms with E-state index in [0.29, 0.717) is 41.1 Å². The Morgan fingerprint density at radius 1 is 0.951 bits per heavy atom. The lowest BCUT2D eigenvalue weighted by atomic mass is 9.97. The average Bonchev–Trinajstić information content (AvgIpc) is 2.98. The number of allylic oxidation sites excluding steroid dienone is 3. The monoisotopic (exact) mass is 610 g/mol. The first-order chi connectivity index (χ1) is 19.9. The summed E-state index contributed by atoms with van der Waals surface area (Å²) < 4.78 is 0. The zero-order valence-corrected chi connectivity index (χ0v) is 25.6.